The van der Waals surface area contributed by atoms with Crippen LogP contribution in [-0.4, -0.2) is 16.8 Å². The Morgan fingerprint density at radius 3 is 2.58 bits per heavy atom. The van der Waals surface area contributed by atoms with Crippen LogP contribution in [0, 0.1) is 0 Å². The van der Waals surface area contributed by atoms with E-state index in [0.717, 1.165) is 18.6 Å². The Labute approximate surface area is 84.0 Å². The summed E-state index contributed by atoms with van der Waals surface area (Å²) in [5.41, 5.74) is -2.53. The Morgan fingerprint density at radius 1 is 1.58 bits per heavy atom. The lowest BCUT2D eigenvalue weighted by Gasteiger charge is -2.18. The first-order valence-corrected chi connectivity index (χ1v) is 8.44. The van der Waals surface area contributed by atoms with E-state index in [1.807, 2.05) is 13.8 Å². The van der Waals surface area contributed by atoms with E-state index < -0.39 is 5.69 Å². The molecule has 0 heterocycles. The summed E-state index contributed by atoms with van der Waals surface area (Å²) in [6.07, 6.45) is 1.99. The van der Waals surface area contributed by atoms with Gasteiger partial charge in [0.05, 0.1) is 6.10 Å². The minimum absolute atomic E-state index is 0.0742. The second-order valence-corrected chi connectivity index (χ2v) is 8.88. The predicted octanol–water partition coefficient (Wildman–Crippen LogP) is 3.16. The van der Waals surface area contributed by atoms with Crippen molar-refractivity contribution >= 4 is 28.9 Å². The molecule has 0 aliphatic carbocycles. The van der Waals surface area contributed by atoms with Gasteiger partial charge in [0.15, 0.2) is 0 Å². The maximum Gasteiger partial charge on any atom is 0.244 e. The monoisotopic (exact) mass is 228 g/mol. The first-order valence-electron chi connectivity index (χ1n) is 4.17. The first-order chi connectivity index (χ1) is 5.52. The fourth-order valence-corrected chi connectivity index (χ4v) is 4.59. The average Bonchev–Trinajstić information content (AvgIpc) is 2.00. The lowest BCUT2D eigenvalue weighted by Crippen LogP contribution is -2.02. The van der Waals surface area contributed by atoms with Gasteiger partial charge in [-0.05, 0) is 31.6 Å². The van der Waals surface area contributed by atoms with Crippen molar-refractivity contribution in [2.75, 3.05) is 5.75 Å². The second kappa shape index (κ2) is 6.39. The normalized spacial score (nSPS) is 18.7. The summed E-state index contributed by atoms with van der Waals surface area (Å²) in [6.45, 7) is 6.01. The van der Waals surface area contributed by atoms with Gasteiger partial charge < -0.3 is 9.42 Å². The molecule has 0 saturated heterocycles. The van der Waals surface area contributed by atoms with Crippen LogP contribution in [0.3, 0.4) is 0 Å². The molecular weight excluding hydrogens is 211 g/mol. The smallest absolute Gasteiger partial charge is 0.244 e. The van der Waals surface area contributed by atoms with Crippen LogP contribution in [0.1, 0.15) is 33.6 Å². The van der Waals surface area contributed by atoms with Gasteiger partial charge in [-0.1, -0.05) is 25.2 Å². The van der Waals surface area contributed by atoms with Crippen LogP contribution in [0.15, 0.2) is 0 Å². The van der Waals surface area contributed by atoms with Gasteiger partial charge in [0, 0.05) is 5.75 Å². The van der Waals surface area contributed by atoms with Gasteiger partial charge >= 0.3 is 0 Å². The molecule has 2 atom stereocenters. The molecule has 0 fully saturated rings. The van der Waals surface area contributed by atoms with Gasteiger partial charge in [-0.15, -0.1) is 0 Å². The van der Waals surface area contributed by atoms with E-state index in [2.05, 4.69) is 6.92 Å². The van der Waals surface area contributed by atoms with Crippen molar-refractivity contribution in [2.45, 2.75) is 39.7 Å². The SMILES string of the molecule is CCCSP(O)(=S)OC(C)CC. The zero-order valence-electron chi connectivity index (χ0n) is 7.82. The van der Waals surface area contributed by atoms with Gasteiger partial charge in [-0.25, -0.2) is 0 Å². The van der Waals surface area contributed by atoms with Crippen LogP contribution >= 0.6 is 17.1 Å². The van der Waals surface area contributed by atoms with Crippen molar-refractivity contribution in [3.05, 3.63) is 0 Å². The standard InChI is InChI=1S/C7H17O2PS2/c1-4-6-12-10(8,11)9-7(3)5-2/h7H,4-6H2,1-3H3,(H,8,11). The molecule has 74 valence electrons. The minimum Gasteiger partial charge on any atom is -0.337 e. The molecule has 1 N–H and O–H groups in total. The minimum atomic E-state index is -2.53. The van der Waals surface area contributed by atoms with Crippen LogP contribution in [0.2, 0.25) is 0 Å². The van der Waals surface area contributed by atoms with Gasteiger partial charge in [-0.3, -0.25) is 0 Å². The molecule has 5 heteroatoms. The largest absolute Gasteiger partial charge is 0.337 e. The molecule has 0 aromatic rings. The molecule has 0 spiro atoms. The molecule has 0 saturated carbocycles. The lowest BCUT2D eigenvalue weighted by molar-refractivity contribution is 0.224. The highest BCUT2D eigenvalue weighted by atomic mass is 32.9. The van der Waals surface area contributed by atoms with Crippen LogP contribution < -0.4 is 0 Å². The van der Waals surface area contributed by atoms with Crippen molar-refractivity contribution in [2.24, 2.45) is 0 Å². The fourth-order valence-electron chi connectivity index (χ4n) is 0.539. The second-order valence-electron chi connectivity index (χ2n) is 2.63. The lowest BCUT2D eigenvalue weighted by atomic mass is 10.3. The average molecular weight is 228 g/mol. The van der Waals surface area contributed by atoms with Gasteiger partial charge in [-0.2, -0.15) is 0 Å². The predicted molar refractivity (Wildman–Crippen MR) is 60.1 cm³/mol. The summed E-state index contributed by atoms with van der Waals surface area (Å²) >= 11 is 6.34. The van der Waals surface area contributed by atoms with Gasteiger partial charge in [0.25, 0.3) is 0 Å². The quantitative estimate of drug-likeness (QED) is 0.707. The summed E-state index contributed by atoms with van der Waals surface area (Å²) in [6, 6.07) is 0. The van der Waals surface area contributed by atoms with Crippen molar-refractivity contribution in [3.63, 3.8) is 0 Å². The highest BCUT2D eigenvalue weighted by Crippen LogP contribution is 2.57. The third-order valence-corrected chi connectivity index (χ3v) is 5.88. The Morgan fingerprint density at radius 2 is 2.17 bits per heavy atom. The molecule has 0 aromatic heterocycles. The Kier molecular flexibility index (Phi) is 6.87. The van der Waals surface area contributed by atoms with E-state index in [4.69, 9.17) is 16.3 Å². The topological polar surface area (TPSA) is 29.5 Å². The van der Waals surface area contributed by atoms with E-state index in [0.29, 0.717) is 0 Å². The molecular formula is C7H17O2PS2. The fraction of sp³-hybridized carbons (Fsp3) is 1.00. The molecule has 12 heavy (non-hydrogen) atoms. The van der Waals surface area contributed by atoms with Gasteiger partial charge in [0.2, 0.25) is 5.69 Å². The van der Waals surface area contributed by atoms with Crippen molar-refractivity contribution in [3.8, 4) is 0 Å². The number of hydrogen-bond acceptors (Lipinski definition) is 3. The van der Waals surface area contributed by atoms with Crippen molar-refractivity contribution in [1.29, 1.82) is 0 Å². The Balaban J connectivity index is 3.78. The summed E-state index contributed by atoms with van der Waals surface area (Å²) in [4.78, 5) is 9.61. The third-order valence-electron chi connectivity index (χ3n) is 1.35. The summed E-state index contributed by atoms with van der Waals surface area (Å²) in [7, 11) is 0. The highest BCUT2D eigenvalue weighted by molar-refractivity contribution is 8.67. The number of hydrogen-bond donors (Lipinski definition) is 1. The molecule has 2 unspecified atom stereocenters. The molecule has 2 nitrogen and oxygen atoms in total. The summed E-state index contributed by atoms with van der Waals surface area (Å²) < 4.78 is 5.33. The highest BCUT2D eigenvalue weighted by Gasteiger charge is 2.16. The van der Waals surface area contributed by atoms with Crippen LogP contribution in [0.25, 0.3) is 0 Å². The van der Waals surface area contributed by atoms with Crippen LogP contribution in [-0.2, 0) is 16.3 Å². The van der Waals surface area contributed by atoms with Crippen molar-refractivity contribution < 1.29 is 9.42 Å². The molecule has 0 radical (unpaired) electrons. The maximum absolute atomic E-state index is 9.61. The van der Waals surface area contributed by atoms with E-state index in [1.165, 1.54) is 11.4 Å². The molecule has 0 amide bonds. The summed E-state index contributed by atoms with van der Waals surface area (Å²) in [5, 5.41) is 0. The maximum atomic E-state index is 9.61. The Hall–Kier alpha value is 0.920. The van der Waals surface area contributed by atoms with E-state index in [1.54, 1.807) is 0 Å². The molecule has 0 aliphatic heterocycles. The Bertz CT molecular complexity index is 163. The third kappa shape index (κ3) is 6.44. The molecule has 0 aliphatic rings. The molecule has 0 bridgehead atoms. The van der Waals surface area contributed by atoms with Crippen LogP contribution in [0.5, 0.6) is 0 Å². The zero-order chi connectivity index (χ0) is 9.61. The van der Waals surface area contributed by atoms with E-state index in [-0.39, 0.29) is 6.10 Å². The first kappa shape index (κ1) is 12.9. The molecule has 0 aromatic carbocycles. The van der Waals surface area contributed by atoms with Crippen LogP contribution in [0.4, 0.5) is 0 Å². The van der Waals surface area contributed by atoms with Crippen molar-refractivity contribution in [1.82, 2.24) is 0 Å². The molecule has 0 rings (SSSR count). The number of rotatable bonds is 6. The van der Waals surface area contributed by atoms with Gasteiger partial charge in [0.1, 0.15) is 0 Å². The van der Waals surface area contributed by atoms with E-state index >= 15 is 0 Å². The zero-order valence-corrected chi connectivity index (χ0v) is 10.3. The van der Waals surface area contributed by atoms with E-state index in [9.17, 15) is 4.89 Å². The summed E-state index contributed by atoms with van der Waals surface area (Å²) in [5.74, 6) is 0.879.